The second-order valence-corrected chi connectivity index (χ2v) is 11.8. The molecule has 5 atom stereocenters. The molecular weight excluding hydrogens is 510 g/mol. The molecule has 1 aromatic rings. The van der Waals surface area contributed by atoms with Crippen molar-refractivity contribution < 1.29 is 29.1 Å². The molecule has 40 heavy (non-hydrogen) atoms. The van der Waals surface area contributed by atoms with Crippen molar-refractivity contribution in [3.8, 4) is 0 Å². The summed E-state index contributed by atoms with van der Waals surface area (Å²) < 4.78 is 5.59. The fourth-order valence-corrected chi connectivity index (χ4v) is 5.64. The zero-order valence-electron chi connectivity index (χ0n) is 24.7. The number of benzene rings is 1. The van der Waals surface area contributed by atoms with Crippen molar-refractivity contribution in [1.82, 2.24) is 10.9 Å². The molecule has 2 rings (SSSR count). The number of amides is 2. The Morgan fingerprint density at radius 3 is 2.35 bits per heavy atom. The Morgan fingerprint density at radius 2 is 1.80 bits per heavy atom. The van der Waals surface area contributed by atoms with E-state index < -0.39 is 41.5 Å². The maximum atomic E-state index is 14.6. The second-order valence-electron chi connectivity index (χ2n) is 11.8. The Bertz CT molecular complexity index is 949. The largest absolute Gasteiger partial charge is 0.393 e. The average Bonchev–Trinajstić information content (AvgIpc) is 2.92. The Labute approximate surface area is 239 Å². The number of Topliss-reactive ketones (excluding diaryl/α,β-unsaturated/α-hetero) is 1. The summed E-state index contributed by atoms with van der Waals surface area (Å²) in [5, 5.41) is 10.3. The Hall–Kier alpha value is -2.59. The van der Waals surface area contributed by atoms with Gasteiger partial charge in [-0.25, -0.2) is 16.2 Å². The van der Waals surface area contributed by atoms with Crippen LogP contribution >= 0.6 is 0 Å². The predicted octanol–water partition coefficient (Wildman–Crippen LogP) is 4.31. The number of nitrogens with one attached hydrogen (secondary N) is 2. The molecule has 0 bridgehead atoms. The molecule has 1 fully saturated rings. The number of rotatable bonds is 16. The minimum absolute atomic E-state index is 0.0879. The number of aliphatic hydroxyl groups is 1. The molecule has 224 valence electrons. The highest BCUT2D eigenvalue weighted by Crippen LogP contribution is 2.43. The van der Waals surface area contributed by atoms with Crippen molar-refractivity contribution in [3.05, 3.63) is 42.0 Å². The van der Waals surface area contributed by atoms with Gasteiger partial charge in [0.05, 0.1) is 12.0 Å². The summed E-state index contributed by atoms with van der Waals surface area (Å²) in [6.07, 6.45) is 5.58. The molecule has 5 N–H and O–H groups in total. The molecule has 1 heterocycles. The lowest BCUT2D eigenvalue weighted by molar-refractivity contribution is -0.204. The first-order valence-corrected chi connectivity index (χ1v) is 14.5. The topological polar surface area (TPSA) is 140 Å². The van der Waals surface area contributed by atoms with Crippen LogP contribution < -0.4 is 16.7 Å². The van der Waals surface area contributed by atoms with Gasteiger partial charge in [0.2, 0.25) is 11.8 Å². The minimum atomic E-state index is -1.79. The number of hydrogen-bond acceptors (Lipinski definition) is 7. The van der Waals surface area contributed by atoms with E-state index in [0.29, 0.717) is 19.4 Å². The van der Waals surface area contributed by atoms with Crippen molar-refractivity contribution in [3.63, 3.8) is 0 Å². The van der Waals surface area contributed by atoms with Crippen molar-refractivity contribution in [2.45, 2.75) is 92.0 Å². The number of nitrogens with two attached hydrogens (primary N) is 1. The van der Waals surface area contributed by atoms with E-state index >= 15 is 0 Å². The summed E-state index contributed by atoms with van der Waals surface area (Å²) in [6, 6.07) is 9.57. The highest BCUT2D eigenvalue weighted by Gasteiger charge is 2.56. The van der Waals surface area contributed by atoms with Crippen LogP contribution in [0.3, 0.4) is 0 Å². The van der Waals surface area contributed by atoms with Gasteiger partial charge in [-0.2, -0.15) is 0 Å². The number of allylic oxidation sites excluding steroid dienone is 1. The SMILES string of the molecule is CC(C)CC(CC(C)O)C(=O)[C@](CC(C)C)(C(=O)NN)[C@H](C/C=C/c1ccccc1)C(=O)NOC1CCCCO1. The monoisotopic (exact) mass is 559 g/mol. The van der Waals surface area contributed by atoms with E-state index in [-0.39, 0.29) is 36.9 Å². The first-order valence-electron chi connectivity index (χ1n) is 14.5. The lowest BCUT2D eigenvalue weighted by Crippen LogP contribution is -2.59. The van der Waals surface area contributed by atoms with Gasteiger partial charge in [0.15, 0.2) is 12.1 Å². The number of ketones is 1. The molecule has 0 saturated carbocycles. The summed E-state index contributed by atoms with van der Waals surface area (Å²) in [6.45, 7) is 9.93. The number of ether oxygens (including phenoxy) is 1. The molecule has 1 aromatic carbocycles. The third kappa shape index (κ3) is 9.80. The fraction of sp³-hybridized carbons (Fsp3) is 0.645. The van der Waals surface area contributed by atoms with Crippen LogP contribution in [0, 0.1) is 29.1 Å². The van der Waals surface area contributed by atoms with Gasteiger partial charge in [-0.3, -0.25) is 19.8 Å². The Kier molecular flexibility index (Phi) is 14.0. The van der Waals surface area contributed by atoms with E-state index in [4.69, 9.17) is 15.4 Å². The first kappa shape index (κ1) is 33.6. The lowest BCUT2D eigenvalue weighted by Gasteiger charge is -2.40. The summed E-state index contributed by atoms with van der Waals surface area (Å²) >= 11 is 0. The molecule has 0 radical (unpaired) electrons. The van der Waals surface area contributed by atoms with Crippen LogP contribution in [0.1, 0.15) is 85.1 Å². The van der Waals surface area contributed by atoms with Crippen LogP contribution in [0.4, 0.5) is 0 Å². The third-order valence-electron chi connectivity index (χ3n) is 7.28. The number of hydroxylamine groups is 1. The van der Waals surface area contributed by atoms with Crippen molar-refractivity contribution in [2.24, 2.45) is 34.9 Å². The number of carbonyl (C=O) groups excluding carboxylic acids is 3. The molecule has 9 heteroatoms. The number of hydrazine groups is 1. The first-order chi connectivity index (χ1) is 19.0. The van der Waals surface area contributed by atoms with Gasteiger partial charge in [-0.05, 0) is 62.8 Å². The molecule has 2 amide bonds. The van der Waals surface area contributed by atoms with Gasteiger partial charge in [-0.15, -0.1) is 0 Å². The number of hydrogen-bond donors (Lipinski definition) is 4. The Balaban J connectivity index is 2.58. The molecule has 1 saturated heterocycles. The summed E-state index contributed by atoms with van der Waals surface area (Å²) in [5.74, 6) is 2.26. The van der Waals surface area contributed by atoms with E-state index in [1.807, 2.05) is 64.1 Å². The fourth-order valence-electron chi connectivity index (χ4n) is 5.64. The maximum Gasteiger partial charge on any atom is 0.248 e. The molecule has 0 spiro atoms. The molecular formula is C31H49N3O6. The smallest absolute Gasteiger partial charge is 0.248 e. The summed E-state index contributed by atoms with van der Waals surface area (Å²) in [5.41, 5.74) is 3.85. The van der Waals surface area contributed by atoms with Crippen LogP contribution in [-0.4, -0.2) is 41.7 Å². The quantitative estimate of drug-likeness (QED) is 0.102. The third-order valence-corrected chi connectivity index (χ3v) is 7.28. The molecule has 1 aliphatic heterocycles. The highest BCUT2D eigenvalue weighted by atomic mass is 16.8. The average molecular weight is 560 g/mol. The minimum Gasteiger partial charge on any atom is -0.393 e. The summed E-state index contributed by atoms with van der Waals surface area (Å²) in [4.78, 5) is 47.9. The molecule has 0 aromatic heterocycles. The maximum absolute atomic E-state index is 14.6. The molecule has 0 aliphatic carbocycles. The van der Waals surface area contributed by atoms with Crippen molar-refractivity contribution >= 4 is 23.7 Å². The molecule has 3 unspecified atom stereocenters. The lowest BCUT2D eigenvalue weighted by atomic mass is 9.61. The van der Waals surface area contributed by atoms with Gasteiger partial charge in [0.25, 0.3) is 0 Å². The normalized spacial score (nSPS) is 19.7. The predicted molar refractivity (Wildman–Crippen MR) is 155 cm³/mol. The second kappa shape index (κ2) is 16.6. The van der Waals surface area contributed by atoms with Crippen molar-refractivity contribution in [1.29, 1.82) is 0 Å². The van der Waals surface area contributed by atoms with E-state index in [1.54, 1.807) is 13.0 Å². The van der Waals surface area contributed by atoms with E-state index in [1.165, 1.54) is 0 Å². The van der Waals surface area contributed by atoms with Gasteiger partial charge in [0, 0.05) is 18.9 Å². The van der Waals surface area contributed by atoms with Crippen LogP contribution in [0.15, 0.2) is 36.4 Å². The van der Waals surface area contributed by atoms with Crippen molar-refractivity contribution in [2.75, 3.05) is 6.61 Å². The zero-order valence-corrected chi connectivity index (χ0v) is 24.7. The molecule has 9 nitrogen and oxygen atoms in total. The van der Waals surface area contributed by atoms with Crippen LogP contribution in [0.25, 0.3) is 6.08 Å². The zero-order chi connectivity index (χ0) is 29.7. The number of aliphatic hydroxyl groups excluding tert-OH is 1. The van der Waals surface area contributed by atoms with E-state index in [2.05, 4.69) is 10.9 Å². The van der Waals surface area contributed by atoms with Crippen LogP contribution in [-0.2, 0) is 24.0 Å². The van der Waals surface area contributed by atoms with Crippen LogP contribution in [0.5, 0.6) is 0 Å². The highest BCUT2D eigenvalue weighted by molar-refractivity contribution is 6.10. The molecule has 1 aliphatic rings. The van der Waals surface area contributed by atoms with Gasteiger partial charge < -0.3 is 9.84 Å². The van der Waals surface area contributed by atoms with Gasteiger partial charge in [-0.1, -0.05) is 70.2 Å². The standard InChI is InChI=1S/C31H49N3O6/c1-21(2)18-25(19-23(5)35)28(36)31(20-22(3)4,30(38)33-32)26(15-11-14-24-12-7-6-8-13-24)29(37)34-40-27-16-9-10-17-39-27/h6-8,11-14,21-23,25-27,35H,9-10,15-20,32H2,1-5H3,(H,33,38)(H,34,37)/b14-11+/t23?,25?,26-,27?,31-/m1/s1. The number of carbonyl (C=O) groups is 3. The van der Waals surface area contributed by atoms with E-state index in [0.717, 1.165) is 18.4 Å². The summed E-state index contributed by atoms with van der Waals surface area (Å²) in [7, 11) is 0. The van der Waals surface area contributed by atoms with Crippen LogP contribution in [0.2, 0.25) is 0 Å². The Morgan fingerprint density at radius 1 is 1.10 bits per heavy atom. The van der Waals surface area contributed by atoms with Gasteiger partial charge in [0.1, 0.15) is 5.41 Å². The van der Waals surface area contributed by atoms with Gasteiger partial charge >= 0.3 is 0 Å². The van der Waals surface area contributed by atoms with E-state index in [9.17, 15) is 19.5 Å².